The number of aliphatic hydroxyl groups is 2. The minimum Gasteiger partial charge on any atom is -0.481 e. The fourth-order valence-electron chi connectivity index (χ4n) is 9.70. The number of aromatic nitrogens is 1. The van der Waals surface area contributed by atoms with Gasteiger partial charge in [-0.2, -0.15) is 0 Å². The molecule has 270 valence electrons. The third kappa shape index (κ3) is 7.73. The van der Waals surface area contributed by atoms with Crippen LogP contribution in [0.4, 0.5) is 0 Å². The number of carbonyl (C=O) groups excluding carboxylic acids is 1. The lowest BCUT2D eigenvalue weighted by atomic mass is 9.44. The van der Waals surface area contributed by atoms with Gasteiger partial charge in [0.1, 0.15) is 6.04 Å². The average molecular weight is 679 g/mol. The summed E-state index contributed by atoms with van der Waals surface area (Å²) >= 11 is 0. The van der Waals surface area contributed by atoms with Gasteiger partial charge in [0.25, 0.3) is 0 Å². The molecule has 0 amide bonds. The number of carbonyl (C=O) groups is 4. The van der Waals surface area contributed by atoms with Gasteiger partial charge in [-0.3, -0.25) is 14.4 Å². The number of fused-ring (bicyclic) bond motifs is 5. The van der Waals surface area contributed by atoms with E-state index in [1.807, 2.05) is 26.8 Å². The molecular weight excluding hydrogens is 624 g/mol. The van der Waals surface area contributed by atoms with E-state index in [0.717, 1.165) is 42.7 Å². The lowest BCUT2D eigenvalue weighted by Crippen LogP contribution is -2.55. The van der Waals surface area contributed by atoms with Crippen LogP contribution in [0.1, 0.15) is 123 Å². The van der Waals surface area contributed by atoms with Gasteiger partial charge in [-0.05, 0) is 105 Å². The third-order valence-electron chi connectivity index (χ3n) is 12.5. The number of hydrogen-bond donors (Lipinski definition) is 6. The first kappa shape index (κ1) is 37.8. The summed E-state index contributed by atoms with van der Waals surface area (Å²) in [5, 5.41) is 49.0. The summed E-state index contributed by atoms with van der Waals surface area (Å²) in [5.74, 6) is -1.40. The molecule has 13 nitrogen and oxygen atoms in total. The van der Waals surface area contributed by atoms with E-state index in [4.69, 9.17) is 35.4 Å². The van der Waals surface area contributed by atoms with E-state index in [1.165, 1.54) is 38.5 Å². The zero-order valence-corrected chi connectivity index (χ0v) is 28.8. The molecule has 0 bridgehead atoms. The van der Waals surface area contributed by atoms with Crippen molar-refractivity contribution >= 4 is 23.9 Å². The summed E-state index contributed by atoms with van der Waals surface area (Å²) in [7, 11) is 0. The van der Waals surface area contributed by atoms with Crippen LogP contribution in [-0.4, -0.2) is 71.8 Å². The summed E-state index contributed by atoms with van der Waals surface area (Å²) in [5.41, 5.74) is 4.35. The van der Waals surface area contributed by atoms with Crippen LogP contribution in [-0.2, 0) is 30.5 Å². The van der Waals surface area contributed by atoms with E-state index < -0.39 is 54.0 Å². The van der Waals surface area contributed by atoms with Crippen LogP contribution in [0, 0.1) is 40.4 Å². The first-order valence-corrected chi connectivity index (χ1v) is 17.2. The van der Waals surface area contributed by atoms with E-state index in [2.05, 4.69) is 19.0 Å². The number of aliphatic carboxylic acids is 3. The number of carboxylic acid groups (broad SMARTS) is 3. The first-order chi connectivity index (χ1) is 22.2. The Bertz CT molecular complexity index is 1340. The van der Waals surface area contributed by atoms with E-state index >= 15 is 0 Å². The molecule has 0 saturated heterocycles. The van der Waals surface area contributed by atoms with E-state index in [0.29, 0.717) is 23.0 Å². The van der Waals surface area contributed by atoms with Gasteiger partial charge in [0.2, 0.25) is 0 Å². The molecule has 7 N–H and O–H groups in total. The molecule has 5 rings (SSSR count). The van der Waals surface area contributed by atoms with Gasteiger partial charge < -0.3 is 40.5 Å². The second-order valence-corrected chi connectivity index (χ2v) is 16.1. The molecule has 4 aliphatic rings. The van der Waals surface area contributed by atoms with Crippen molar-refractivity contribution in [1.29, 1.82) is 0 Å². The van der Waals surface area contributed by atoms with Gasteiger partial charge in [-0.15, -0.1) is 0 Å². The van der Waals surface area contributed by atoms with Gasteiger partial charge in [0, 0.05) is 12.0 Å². The molecule has 48 heavy (non-hydrogen) atoms. The topological polar surface area (TPSA) is 231 Å². The Labute approximate surface area is 281 Å². The fraction of sp³-hybridized carbons (Fsp3) is 0.800. The van der Waals surface area contributed by atoms with Gasteiger partial charge in [0.05, 0.1) is 24.1 Å². The Balaban J connectivity index is 0.000000341. The quantitative estimate of drug-likeness (QED) is 0.190. The second kappa shape index (κ2) is 14.1. The average Bonchev–Trinajstić information content (AvgIpc) is 3.58. The van der Waals surface area contributed by atoms with Crippen LogP contribution >= 0.6 is 0 Å². The number of nitrogens with two attached hydrogens (primary N) is 1. The Kier molecular flexibility index (Phi) is 11.1. The standard InChI is InChI=1S/C29H46N2O4.C6H8O7/c1-17(2)25(30)26(32)34-16-19-14-24(31-35-19)23-9-8-21-20-7-6-18-15-27(3,33)12-13-28(18,4)22(20)10-11-29(21,23)5;7-3(8)1-6(13,5(11)12)2-4(9)10/h14,17-18,20-23,25,33H,6-13,15-16,30H2,1-5H3;13H,1-2H2,(H,7,8)(H,9,10)(H,11,12)/t18?,20-,21-,22?,23+,25?,27+,28-,29-;/m0./s1. The molecule has 1 aromatic heterocycles. The second-order valence-electron chi connectivity index (χ2n) is 16.1. The lowest BCUT2D eigenvalue weighted by Gasteiger charge is -2.61. The summed E-state index contributed by atoms with van der Waals surface area (Å²) in [4.78, 5) is 42.6. The van der Waals surface area contributed by atoms with Crippen LogP contribution in [0.25, 0.3) is 0 Å². The summed E-state index contributed by atoms with van der Waals surface area (Å²) < 4.78 is 11.0. The van der Waals surface area contributed by atoms with Crippen LogP contribution in [0.2, 0.25) is 0 Å². The van der Waals surface area contributed by atoms with Crippen LogP contribution in [0.15, 0.2) is 10.6 Å². The molecule has 4 fully saturated rings. The molecule has 9 atom stereocenters. The SMILES string of the molecule is CC(C)C(N)C(=O)OCc1cc([C@H]2CC[C@H]3[C@@H]4CCC5C[C@](C)(O)CC[C@]5(C)C4CC[C@]23C)no1.O=C(O)CC(O)(CC(=O)O)C(=O)O. The Hall–Kier alpha value is -3.03. The molecular formula is C35H54N2O11. The minimum atomic E-state index is -2.74. The number of carboxylic acids is 3. The van der Waals surface area contributed by atoms with Crippen molar-refractivity contribution in [2.75, 3.05) is 0 Å². The van der Waals surface area contributed by atoms with Crippen molar-refractivity contribution in [3.05, 3.63) is 17.5 Å². The van der Waals surface area contributed by atoms with Crippen molar-refractivity contribution in [1.82, 2.24) is 5.16 Å². The van der Waals surface area contributed by atoms with Crippen LogP contribution in [0.5, 0.6) is 0 Å². The van der Waals surface area contributed by atoms with Gasteiger partial charge in [-0.1, -0.05) is 32.9 Å². The van der Waals surface area contributed by atoms with Crippen LogP contribution < -0.4 is 5.73 Å². The Morgan fingerprint density at radius 2 is 1.58 bits per heavy atom. The largest absolute Gasteiger partial charge is 0.481 e. The Morgan fingerprint density at radius 3 is 2.17 bits per heavy atom. The van der Waals surface area contributed by atoms with Crippen molar-refractivity contribution in [3.63, 3.8) is 0 Å². The maximum absolute atomic E-state index is 12.1. The third-order valence-corrected chi connectivity index (χ3v) is 12.5. The summed E-state index contributed by atoms with van der Waals surface area (Å²) in [6, 6.07) is 1.40. The molecule has 0 spiro atoms. The van der Waals surface area contributed by atoms with Crippen molar-refractivity contribution in [2.24, 2.45) is 46.2 Å². The fourth-order valence-corrected chi connectivity index (χ4v) is 9.70. The smallest absolute Gasteiger partial charge is 0.336 e. The van der Waals surface area contributed by atoms with Crippen molar-refractivity contribution in [2.45, 2.75) is 135 Å². The highest BCUT2D eigenvalue weighted by Gasteiger charge is 2.61. The number of hydrogen-bond acceptors (Lipinski definition) is 10. The monoisotopic (exact) mass is 678 g/mol. The molecule has 4 saturated carbocycles. The highest BCUT2D eigenvalue weighted by atomic mass is 16.6. The lowest BCUT2D eigenvalue weighted by molar-refractivity contribution is -0.170. The molecule has 4 aliphatic carbocycles. The predicted octanol–water partition coefficient (Wildman–Crippen LogP) is 4.33. The molecule has 0 radical (unpaired) electrons. The van der Waals surface area contributed by atoms with E-state index in [1.54, 1.807) is 0 Å². The first-order valence-electron chi connectivity index (χ1n) is 17.2. The number of esters is 1. The zero-order valence-electron chi connectivity index (χ0n) is 28.8. The predicted molar refractivity (Wildman–Crippen MR) is 171 cm³/mol. The normalized spacial score (nSPS) is 34.9. The van der Waals surface area contributed by atoms with Gasteiger partial charge >= 0.3 is 23.9 Å². The van der Waals surface area contributed by atoms with Crippen LogP contribution in [0.3, 0.4) is 0 Å². The maximum atomic E-state index is 12.1. The molecule has 13 heteroatoms. The van der Waals surface area contributed by atoms with Gasteiger partial charge in [-0.25, -0.2) is 4.79 Å². The molecule has 1 aromatic rings. The zero-order chi connectivity index (χ0) is 35.8. The number of ether oxygens (including phenoxy) is 1. The van der Waals surface area contributed by atoms with Gasteiger partial charge in [0.15, 0.2) is 18.0 Å². The number of rotatable bonds is 10. The number of nitrogens with zero attached hydrogens (tertiary/aromatic N) is 1. The molecule has 1 heterocycles. The summed E-state index contributed by atoms with van der Waals surface area (Å²) in [6.45, 7) is 11.0. The molecule has 0 aromatic carbocycles. The highest BCUT2D eigenvalue weighted by Crippen LogP contribution is 2.69. The summed E-state index contributed by atoms with van der Waals surface area (Å²) in [6.07, 6.45) is 8.33. The minimum absolute atomic E-state index is 0.0392. The Morgan fingerprint density at radius 1 is 0.958 bits per heavy atom. The van der Waals surface area contributed by atoms with Crippen molar-refractivity contribution < 1.29 is 54.0 Å². The maximum Gasteiger partial charge on any atom is 0.336 e. The highest BCUT2D eigenvalue weighted by molar-refractivity contribution is 5.88. The van der Waals surface area contributed by atoms with E-state index in [-0.39, 0.29) is 17.9 Å². The van der Waals surface area contributed by atoms with E-state index in [9.17, 15) is 24.3 Å². The molecule has 0 aliphatic heterocycles. The molecule has 3 unspecified atom stereocenters. The van der Waals surface area contributed by atoms with Crippen molar-refractivity contribution in [3.8, 4) is 0 Å².